The van der Waals surface area contributed by atoms with Crippen molar-refractivity contribution >= 4 is 17.4 Å². The van der Waals surface area contributed by atoms with Crippen LogP contribution in [0.3, 0.4) is 0 Å². The van der Waals surface area contributed by atoms with Crippen molar-refractivity contribution in [3.63, 3.8) is 0 Å². The average Bonchev–Trinajstić information content (AvgIpc) is 2.53. The first-order valence-corrected chi connectivity index (χ1v) is 4.68. The summed E-state index contributed by atoms with van der Waals surface area (Å²) in [5.41, 5.74) is 0. The van der Waals surface area contributed by atoms with Gasteiger partial charge < -0.3 is 10.0 Å². The minimum Gasteiger partial charge on any atom is -0.391 e. The predicted octanol–water partition coefficient (Wildman–Crippen LogP) is 1.31. The quantitative estimate of drug-likeness (QED) is 0.739. The Hall–Kier alpha value is -0.800. The molecule has 0 amide bonds. The summed E-state index contributed by atoms with van der Waals surface area (Å²) in [5, 5.41) is 9.99. The summed E-state index contributed by atoms with van der Waals surface area (Å²) in [4.78, 5) is 6.18. The second kappa shape index (κ2) is 3.52. The van der Waals surface area contributed by atoms with E-state index in [1.165, 1.54) is 0 Å². The molecule has 1 unspecified atom stereocenters. The van der Waals surface area contributed by atoms with Gasteiger partial charge in [-0.2, -0.15) is 0 Å². The fraction of sp³-hybridized carbons (Fsp3) is 0.444. The SMILES string of the molecule is OC1CCN(c2ncccc2Cl)C1. The number of anilines is 1. The van der Waals surface area contributed by atoms with Gasteiger partial charge in [0.1, 0.15) is 5.82 Å². The molecule has 2 heterocycles. The van der Waals surface area contributed by atoms with Crippen molar-refractivity contribution in [2.75, 3.05) is 18.0 Å². The van der Waals surface area contributed by atoms with Crippen LogP contribution >= 0.6 is 11.6 Å². The van der Waals surface area contributed by atoms with Crippen molar-refractivity contribution in [1.29, 1.82) is 0 Å². The lowest BCUT2D eigenvalue weighted by molar-refractivity contribution is 0.198. The molecule has 0 bridgehead atoms. The number of nitrogens with zero attached hydrogens (tertiary/aromatic N) is 2. The average molecular weight is 199 g/mol. The Morgan fingerprint density at radius 1 is 1.62 bits per heavy atom. The van der Waals surface area contributed by atoms with Crippen LogP contribution in [-0.4, -0.2) is 29.3 Å². The smallest absolute Gasteiger partial charge is 0.147 e. The van der Waals surface area contributed by atoms with E-state index >= 15 is 0 Å². The van der Waals surface area contributed by atoms with E-state index in [0.29, 0.717) is 11.6 Å². The molecule has 0 aromatic carbocycles. The summed E-state index contributed by atoms with van der Waals surface area (Å²) in [6.07, 6.45) is 2.27. The maximum absolute atomic E-state index is 9.34. The molecule has 3 nitrogen and oxygen atoms in total. The minimum absolute atomic E-state index is 0.238. The molecular weight excluding hydrogens is 188 g/mol. The van der Waals surface area contributed by atoms with Crippen LogP contribution < -0.4 is 4.90 Å². The second-order valence-corrected chi connectivity index (χ2v) is 3.60. The summed E-state index contributed by atoms with van der Waals surface area (Å²) in [6, 6.07) is 3.62. The number of pyridine rings is 1. The number of hydrogen-bond donors (Lipinski definition) is 1. The Kier molecular flexibility index (Phi) is 2.38. The van der Waals surface area contributed by atoms with Gasteiger partial charge in [0.25, 0.3) is 0 Å². The third-order valence-electron chi connectivity index (χ3n) is 2.20. The number of aromatic nitrogens is 1. The number of aliphatic hydroxyl groups is 1. The Morgan fingerprint density at radius 2 is 2.46 bits per heavy atom. The number of β-amino-alcohol motifs (C(OH)–C–C–N with tert-alkyl or cyclic N) is 1. The van der Waals surface area contributed by atoms with Crippen LogP contribution in [0.5, 0.6) is 0 Å². The number of halogens is 1. The van der Waals surface area contributed by atoms with E-state index in [1.807, 2.05) is 11.0 Å². The molecule has 1 aliphatic rings. The van der Waals surface area contributed by atoms with Crippen LogP contribution in [0.15, 0.2) is 18.3 Å². The first kappa shape index (κ1) is 8.78. The normalized spacial score (nSPS) is 22.3. The minimum atomic E-state index is -0.238. The lowest BCUT2D eigenvalue weighted by Gasteiger charge is -2.17. The molecule has 0 aliphatic carbocycles. The van der Waals surface area contributed by atoms with Gasteiger partial charge in [0.05, 0.1) is 11.1 Å². The summed E-state index contributed by atoms with van der Waals surface area (Å²) >= 11 is 5.97. The van der Waals surface area contributed by atoms with E-state index in [-0.39, 0.29) is 6.10 Å². The summed E-state index contributed by atoms with van der Waals surface area (Å²) in [6.45, 7) is 1.47. The molecule has 1 aromatic rings. The molecule has 1 saturated heterocycles. The second-order valence-electron chi connectivity index (χ2n) is 3.20. The third-order valence-corrected chi connectivity index (χ3v) is 2.50. The highest BCUT2D eigenvalue weighted by molar-refractivity contribution is 6.32. The van der Waals surface area contributed by atoms with Crippen LogP contribution in [0.1, 0.15) is 6.42 Å². The monoisotopic (exact) mass is 198 g/mol. The van der Waals surface area contributed by atoms with Crippen molar-refractivity contribution in [1.82, 2.24) is 4.98 Å². The molecule has 1 aliphatic heterocycles. The van der Waals surface area contributed by atoms with Crippen LogP contribution in [0.25, 0.3) is 0 Å². The topological polar surface area (TPSA) is 36.4 Å². The summed E-state index contributed by atoms with van der Waals surface area (Å²) in [7, 11) is 0. The van der Waals surface area contributed by atoms with Crippen molar-refractivity contribution in [3.05, 3.63) is 23.4 Å². The molecule has 1 fully saturated rings. The van der Waals surface area contributed by atoms with Crippen molar-refractivity contribution in [2.24, 2.45) is 0 Å². The van der Waals surface area contributed by atoms with Gasteiger partial charge >= 0.3 is 0 Å². The highest BCUT2D eigenvalue weighted by Crippen LogP contribution is 2.25. The van der Waals surface area contributed by atoms with Crippen molar-refractivity contribution in [3.8, 4) is 0 Å². The molecule has 4 heteroatoms. The van der Waals surface area contributed by atoms with Gasteiger partial charge in [0.15, 0.2) is 0 Å². The van der Waals surface area contributed by atoms with Crippen LogP contribution in [0.4, 0.5) is 5.82 Å². The van der Waals surface area contributed by atoms with Gasteiger partial charge in [-0.1, -0.05) is 11.6 Å². The molecule has 1 N–H and O–H groups in total. The molecule has 0 spiro atoms. The van der Waals surface area contributed by atoms with E-state index in [4.69, 9.17) is 11.6 Å². The van der Waals surface area contributed by atoms with Crippen molar-refractivity contribution in [2.45, 2.75) is 12.5 Å². The maximum atomic E-state index is 9.34. The van der Waals surface area contributed by atoms with Gasteiger partial charge in [0, 0.05) is 19.3 Å². The Bertz CT molecular complexity index is 305. The number of hydrogen-bond acceptors (Lipinski definition) is 3. The van der Waals surface area contributed by atoms with Crippen molar-refractivity contribution < 1.29 is 5.11 Å². The van der Waals surface area contributed by atoms with Gasteiger partial charge in [-0.05, 0) is 18.6 Å². The molecule has 2 rings (SSSR count). The highest BCUT2D eigenvalue weighted by Gasteiger charge is 2.22. The van der Waals surface area contributed by atoms with Crippen LogP contribution in [0.2, 0.25) is 5.02 Å². The maximum Gasteiger partial charge on any atom is 0.147 e. The zero-order chi connectivity index (χ0) is 9.26. The molecule has 13 heavy (non-hydrogen) atoms. The lowest BCUT2D eigenvalue weighted by Crippen LogP contribution is -2.22. The third kappa shape index (κ3) is 1.76. The largest absolute Gasteiger partial charge is 0.391 e. The van der Waals surface area contributed by atoms with Crippen LogP contribution in [0, 0.1) is 0 Å². The molecular formula is C9H11ClN2O. The van der Waals surface area contributed by atoms with E-state index < -0.39 is 0 Å². The Morgan fingerprint density at radius 3 is 3.08 bits per heavy atom. The zero-order valence-electron chi connectivity index (χ0n) is 7.15. The standard InChI is InChI=1S/C9H11ClN2O/c10-8-2-1-4-11-9(8)12-5-3-7(13)6-12/h1-2,4,7,13H,3,5-6H2. The molecule has 70 valence electrons. The first-order valence-electron chi connectivity index (χ1n) is 4.31. The number of rotatable bonds is 1. The van der Waals surface area contributed by atoms with Crippen LogP contribution in [-0.2, 0) is 0 Å². The Balaban J connectivity index is 2.21. The molecule has 1 atom stereocenters. The van der Waals surface area contributed by atoms with E-state index in [1.54, 1.807) is 12.3 Å². The predicted molar refractivity (Wildman–Crippen MR) is 52.1 cm³/mol. The Labute approximate surface area is 82.0 Å². The van der Waals surface area contributed by atoms with Gasteiger partial charge in [0.2, 0.25) is 0 Å². The first-order chi connectivity index (χ1) is 6.27. The van der Waals surface area contributed by atoms with E-state index in [2.05, 4.69) is 4.98 Å². The molecule has 0 radical (unpaired) electrons. The van der Waals surface area contributed by atoms with E-state index in [0.717, 1.165) is 18.8 Å². The zero-order valence-corrected chi connectivity index (χ0v) is 7.91. The fourth-order valence-electron chi connectivity index (χ4n) is 1.54. The fourth-order valence-corrected chi connectivity index (χ4v) is 1.79. The summed E-state index contributed by atoms with van der Waals surface area (Å²) in [5.74, 6) is 0.778. The van der Waals surface area contributed by atoms with Gasteiger partial charge in [-0.3, -0.25) is 0 Å². The molecule has 0 saturated carbocycles. The number of aliphatic hydroxyl groups excluding tert-OH is 1. The lowest BCUT2D eigenvalue weighted by atomic mass is 10.3. The summed E-state index contributed by atoms with van der Waals surface area (Å²) < 4.78 is 0. The van der Waals surface area contributed by atoms with E-state index in [9.17, 15) is 5.11 Å². The van der Waals surface area contributed by atoms with Gasteiger partial charge in [-0.25, -0.2) is 4.98 Å². The highest BCUT2D eigenvalue weighted by atomic mass is 35.5. The molecule has 1 aromatic heterocycles. The van der Waals surface area contributed by atoms with Gasteiger partial charge in [-0.15, -0.1) is 0 Å².